The molecule has 2 N–H and O–H groups in total. The van der Waals surface area contributed by atoms with Gasteiger partial charge in [-0.3, -0.25) is 4.79 Å². The van der Waals surface area contributed by atoms with Crippen molar-refractivity contribution in [3.05, 3.63) is 0 Å². The number of hydrogen-bond acceptors (Lipinski definition) is 2. The molecule has 0 bridgehead atoms. The van der Waals surface area contributed by atoms with Crippen LogP contribution in [-0.4, -0.2) is 25.0 Å². The Bertz CT molecular complexity index is 210. The van der Waals surface area contributed by atoms with Crippen LogP contribution in [0.15, 0.2) is 0 Å². The quantitative estimate of drug-likeness (QED) is 0.624. The normalized spacial score (nSPS) is 21.1. The lowest BCUT2D eigenvalue weighted by Gasteiger charge is -2.25. The summed E-state index contributed by atoms with van der Waals surface area (Å²) in [6, 6.07) is 0.514. The minimum Gasteiger partial charge on any atom is -0.353 e. The van der Waals surface area contributed by atoms with E-state index in [4.69, 9.17) is 0 Å². The summed E-state index contributed by atoms with van der Waals surface area (Å²) < 4.78 is 0. The Kier molecular flexibility index (Phi) is 4.01. The molecule has 0 radical (unpaired) electrons. The lowest BCUT2D eigenvalue weighted by atomic mass is 9.85. The Hall–Kier alpha value is -0.570. The van der Waals surface area contributed by atoms with Crippen molar-refractivity contribution in [2.45, 2.75) is 51.0 Å². The third kappa shape index (κ3) is 4.20. The highest BCUT2D eigenvalue weighted by Crippen LogP contribution is 2.25. The smallest absolute Gasteiger partial charge is 0.220 e. The van der Waals surface area contributed by atoms with Crippen LogP contribution in [0.2, 0.25) is 0 Å². The summed E-state index contributed by atoms with van der Waals surface area (Å²) in [5, 5.41) is 6.44. The lowest BCUT2D eigenvalue weighted by Crippen LogP contribution is -2.29. The molecule has 0 saturated heterocycles. The van der Waals surface area contributed by atoms with E-state index in [1.807, 2.05) is 0 Å². The molecule has 2 aliphatic carbocycles. The van der Waals surface area contributed by atoms with E-state index in [0.29, 0.717) is 12.5 Å². The summed E-state index contributed by atoms with van der Waals surface area (Å²) in [6.45, 7) is 2.15. The van der Waals surface area contributed by atoms with Crippen molar-refractivity contribution in [2.75, 3.05) is 13.1 Å². The van der Waals surface area contributed by atoms with Crippen LogP contribution < -0.4 is 10.6 Å². The highest BCUT2D eigenvalue weighted by atomic mass is 16.1. The van der Waals surface area contributed by atoms with Gasteiger partial charge in [0.05, 0.1) is 0 Å². The largest absolute Gasteiger partial charge is 0.353 e. The maximum atomic E-state index is 11.3. The Labute approximate surface area is 92.0 Å². The molecule has 15 heavy (non-hydrogen) atoms. The van der Waals surface area contributed by atoms with Gasteiger partial charge in [0.1, 0.15) is 0 Å². The summed E-state index contributed by atoms with van der Waals surface area (Å²) in [6.07, 6.45) is 8.25. The fraction of sp³-hybridized carbons (Fsp3) is 0.917. The number of amides is 1. The molecule has 0 aromatic rings. The van der Waals surface area contributed by atoms with Crippen LogP contribution in [0.5, 0.6) is 0 Å². The summed E-state index contributed by atoms with van der Waals surface area (Å²) in [5.74, 6) is 1.16. The first-order valence-electron chi connectivity index (χ1n) is 6.34. The van der Waals surface area contributed by atoms with Crippen molar-refractivity contribution in [1.82, 2.24) is 10.6 Å². The second-order valence-corrected chi connectivity index (χ2v) is 4.95. The van der Waals surface area contributed by atoms with E-state index in [1.165, 1.54) is 32.1 Å². The first-order valence-corrected chi connectivity index (χ1v) is 6.34. The lowest BCUT2D eigenvalue weighted by molar-refractivity contribution is -0.121. The Balaban J connectivity index is 1.38. The Morgan fingerprint density at radius 3 is 2.60 bits per heavy atom. The SMILES string of the molecule is O=C(CCCNCC1CCC1)NC1CC1. The molecule has 3 nitrogen and oxygen atoms in total. The van der Waals surface area contributed by atoms with Crippen LogP contribution in [0.25, 0.3) is 0 Å². The number of nitrogens with one attached hydrogen (secondary N) is 2. The zero-order valence-electron chi connectivity index (χ0n) is 9.43. The third-order valence-electron chi connectivity index (χ3n) is 3.36. The molecular weight excluding hydrogens is 188 g/mol. The molecule has 0 atom stereocenters. The van der Waals surface area contributed by atoms with E-state index in [1.54, 1.807) is 0 Å². The zero-order valence-corrected chi connectivity index (χ0v) is 9.43. The maximum absolute atomic E-state index is 11.3. The van der Waals surface area contributed by atoms with E-state index < -0.39 is 0 Å². The highest BCUT2D eigenvalue weighted by Gasteiger charge is 2.22. The van der Waals surface area contributed by atoms with Crippen LogP contribution in [0.4, 0.5) is 0 Å². The second-order valence-electron chi connectivity index (χ2n) is 4.95. The molecule has 2 saturated carbocycles. The minimum atomic E-state index is 0.239. The minimum absolute atomic E-state index is 0.239. The molecule has 0 aromatic carbocycles. The maximum Gasteiger partial charge on any atom is 0.220 e. The van der Waals surface area contributed by atoms with Crippen molar-refractivity contribution in [1.29, 1.82) is 0 Å². The van der Waals surface area contributed by atoms with E-state index in [0.717, 1.165) is 25.4 Å². The molecule has 0 aromatic heterocycles. The molecule has 86 valence electrons. The van der Waals surface area contributed by atoms with Crippen LogP contribution in [0.3, 0.4) is 0 Å². The molecule has 2 aliphatic rings. The first kappa shape index (κ1) is 10.9. The molecule has 3 heteroatoms. The van der Waals surface area contributed by atoms with E-state index in [-0.39, 0.29) is 5.91 Å². The summed E-state index contributed by atoms with van der Waals surface area (Å²) in [5.41, 5.74) is 0. The molecule has 0 aliphatic heterocycles. The monoisotopic (exact) mass is 210 g/mol. The number of carbonyl (C=O) groups excluding carboxylic acids is 1. The van der Waals surface area contributed by atoms with Gasteiger partial charge >= 0.3 is 0 Å². The van der Waals surface area contributed by atoms with Crippen molar-refractivity contribution in [3.63, 3.8) is 0 Å². The number of rotatable bonds is 7. The van der Waals surface area contributed by atoms with E-state index in [9.17, 15) is 4.79 Å². The van der Waals surface area contributed by atoms with Gasteiger partial charge < -0.3 is 10.6 Å². The van der Waals surface area contributed by atoms with Crippen LogP contribution in [0, 0.1) is 5.92 Å². The molecular formula is C12H22N2O. The topological polar surface area (TPSA) is 41.1 Å². The van der Waals surface area contributed by atoms with Gasteiger partial charge in [-0.05, 0) is 51.1 Å². The fourth-order valence-electron chi connectivity index (χ4n) is 1.90. The average molecular weight is 210 g/mol. The van der Waals surface area contributed by atoms with Gasteiger partial charge in [0, 0.05) is 12.5 Å². The van der Waals surface area contributed by atoms with Crippen molar-refractivity contribution < 1.29 is 4.79 Å². The fourth-order valence-corrected chi connectivity index (χ4v) is 1.90. The average Bonchev–Trinajstić information content (AvgIpc) is 2.91. The van der Waals surface area contributed by atoms with Crippen molar-refractivity contribution in [3.8, 4) is 0 Å². The Morgan fingerprint density at radius 1 is 1.20 bits per heavy atom. The van der Waals surface area contributed by atoms with Gasteiger partial charge in [-0.25, -0.2) is 0 Å². The van der Waals surface area contributed by atoms with Gasteiger partial charge in [0.25, 0.3) is 0 Å². The molecule has 1 amide bonds. The summed E-state index contributed by atoms with van der Waals surface area (Å²) in [7, 11) is 0. The molecule has 2 rings (SSSR count). The van der Waals surface area contributed by atoms with Gasteiger partial charge in [0.15, 0.2) is 0 Å². The van der Waals surface area contributed by atoms with Crippen LogP contribution in [0.1, 0.15) is 44.9 Å². The molecule has 0 unspecified atom stereocenters. The van der Waals surface area contributed by atoms with Gasteiger partial charge in [0.2, 0.25) is 5.91 Å². The van der Waals surface area contributed by atoms with Crippen LogP contribution in [-0.2, 0) is 4.79 Å². The van der Waals surface area contributed by atoms with Gasteiger partial charge in [-0.1, -0.05) is 6.42 Å². The molecule has 0 heterocycles. The first-order chi connectivity index (χ1) is 7.34. The van der Waals surface area contributed by atoms with Crippen molar-refractivity contribution >= 4 is 5.91 Å². The Morgan fingerprint density at radius 2 is 2.00 bits per heavy atom. The van der Waals surface area contributed by atoms with Crippen molar-refractivity contribution in [2.24, 2.45) is 5.92 Å². The molecule has 0 spiro atoms. The van der Waals surface area contributed by atoms with Crippen LogP contribution >= 0.6 is 0 Å². The second kappa shape index (κ2) is 5.50. The predicted molar refractivity (Wildman–Crippen MR) is 60.6 cm³/mol. The number of carbonyl (C=O) groups is 1. The standard InChI is InChI=1S/C12H22N2O/c15-12(14-11-6-7-11)5-2-8-13-9-10-3-1-4-10/h10-11,13H,1-9H2,(H,14,15). The predicted octanol–water partition coefficient (Wildman–Crippen LogP) is 1.43. The summed E-state index contributed by atoms with van der Waals surface area (Å²) >= 11 is 0. The highest BCUT2D eigenvalue weighted by molar-refractivity contribution is 5.76. The number of hydrogen-bond donors (Lipinski definition) is 2. The third-order valence-corrected chi connectivity index (χ3v) is 3.36. The van der Waals surface area contributed by atoms with Gasteiger partial charge in [-0.15, -0.1) is 0 Å². The van der Waals surface area contributed by atoms with E-state index in [2.05, 4.69) is 10.6 Å². The van der Waals surface area contributed by atoms with E-state index >= 15 is 0 Å². The summed E-state index contributed by atoms with van der Waals surface area (Å²) in [4.78, 5) is 11.3. The van der Waals surface area contributed by atoms with Gasteiger partial charge in [-0.2, -0.15) is 0 Å². The molecule has 2 fully saturated rings. The zero-order chi connectivity index (χ0) is 10.5.